The lowest BCUT2D eigenvalue weighted by Crippen LogP contribution is -2.45. The van der Waals surface area contributed by atoms with E-state index in [0.29, 0.717) is 23.3 Å². The first kappa shape index (κ1) is 18.5. The number of hydrogen-bond acceptors (Lipinski definition) is 7. The van der Waals surface area contributed by atoms with Gasteiger partial charge < -0.3 is 24.3 Å². The van der Waals surface area contributed by atoms with E-state index < -0.39 is 38.2 Å². The van der Waals surface area contributed by atoms with E-state index in [2.05, 4.69) is 5.32 Å². The van der Waals surface area contributed by atoms with E-state index in [4.69, 9.17) is 14.2 Å². The van der Waals surface area contributed by atoms with E-state index >= 15 is 0 Å². The van der Waals surface area contributed by atoms with E-state index in [9.17, 15) is 18.0 Å². The third-order valence-corrected chi connectivity index (χ3v) is 5.89. The number of carbonyl (C=O) groups excluding carboxylic acids is 2. The summed E-state index contributed by atoms with van der Waals surface area (Å²) in [6.07, 6.45) is 0.666. The van der Waals surface area contributed by atoms with Gasteiger partial charge in [0.05, 0.1) is 0 Å². The van der Waals surface area contributed by atoms with Crippen LogP contribution in [0.1, 0.15) is 32.3 Å². The van der Waals surface area contributed by atoms with Crippen molar-refractivity contribution >= 4 is 22.2 Å². The fourth-order valence-electron chi connectivity index (χ4n) is 3.33. The van der Waals surface area contributed by atoms with E-state index in [-0.39, 0.29) is 6.79 Å². The Labute approximate surface area is 151 Å². The summed E-state index contributed by atoms with van der Waals surface area (Å²) in [6.45, 7) is 5.11. The molecule has 1 N–H and O–H groups in total. The van der Waals surface area contributed by atoms with Crippen LogP contribution in [0.5, 0.6) is 11.5 Å². The predicted octanol–water partition coefficient (Wildman–Crippen LogP) is 1.39. The third kappa shape index (κ3) is 3.23. The molecule has 1 aliphatic carbocycles. The number of alkyl carbamates (subject to hydrolysis) is 1. The highest BCUT2D eigenvalue weighted by atomic mass is 32.2. The van der Waals surface area contributed by atoms with E-state index in [1.165, 1.54) is 0 Å². The van der Waals surface area contributed by atoms with Crippen molar-refractivity contribution in [3.63, 3.8) is 0 Å². The molecule has 0 spiro atoms. The van der Waals surface area contributed by atoms with E-state index in [1.807, 2.05) is 0 Å². The fraction of sp³-hybridized carbons (Fsp3) is 0.529. The zero-order chi connectivity index (χ0) is 19.3. The minimum absolute atomic E-state index is 0.0773. The van der Waals surface area contributed by atoms with Gasteiger partial charge in [0, 0.05) is 12.2 Å². The molecule has 1 aliphatic heterocycles. The van der Waals surface area contributed by atoms with Crippen molar-refractivity contribution in [1.29, 1.82) is 0 Å². The molecule has 3 rings (SSSR count). The van der Waals surface area contributed by atoms with Gasteiger partial charge in [-0.1, -0.05) is 6.07 Å². The fourth-order valence-corrected chi connectivity index (χ4v) is 5.10. The van der Waals surface area contributed by atoms with Gasteiger partial charge in [0.25, 0.3) is 0 Å². The molecule has 1 aromatic rings. The minimum Gasteiger partial charge on any atom is -0.454 e. The van der Waals surface area contributed by atoms with Crippen molar-refractivity contribution in [2.45, 2.75) is 43.1 Å². The number of fused-ring (bicyclic) bond motifs is 1. The van der Waals surface area contributed by atoms with Gasteiger partial charge in [0.15, 0.2) is 21.3 Å². The molecule has 3 atom stereocenters. The molecule has 142 valence electrons. The van der Waals surface area contributed by atoms with Crippen LogP contribution in [0.25, 0.3) is 0 Å². The van der Waals surface area contributed by atoms with Crippen molar-refractivity contribution in [3.8, 4) is 11.5 Å². The topological polar surface area (TPSA) is 108 Å². The number of ether oxygens (including phenoxy) is 3. The van der Waals surface area contributed by atoms with Crippen LogP contribution >= 0.6 is 0 Å². The Morgan fingerprint density at radius 1 is 1.31 bits per heavy atom. The molecule has 0 bridgehead atoms. The number of carbonyl (C=O) groups is 2. The molecule has 0 unspecified atom stereocenters. The number of hydrogen-bond donors (Lipinski definition) is 1. The van der Waals surface area contributed by atoms with Crippen molar-refractivity contribution in [3.05, 3.63) is 23.8 Å². The maximum Gasteiger partial charge on any atom is 0.408 e. The standard InChI is InChI=1S/C17H21NO7S/c1-16(2,3)25-15(20)18-17(8-19)13(14(17)26(4,21)22)10-5-6-11-12(7-10)24-9-23-11/h5-8,13-14H,9H2,1-4H3,(H,18,20)/t13-,14-,17-/m1/s1. The summed E-state index contributed by atoms with van der Waals surface area (Å²) >= 11 is 0. The van der Waals surface area contributed by atoms with Gasteiger partial charge >= 0.3 is 6.09 Å². The Morgan fingerprint density at radius 3 is 2.54 bits per heavy atom. The lowest BCUT2D eigenvalue weighted by molar-refractivity contribution is -0.110. The summed E-state index contributed by atoms with van der Waals surface area (Å²) in [4.78, 5) is 24.1. The number of nitrogens with one attached hydrogen (secondary N) is 1. The quantitative estimate of drug-likeness (QED) is 0.783. The number of benzene rings is 1. The van der Waals surface area contributed by atoms with Crippen LogP contribution in [-0.2, 0) is 19.4 Å². The summed E-state index contributed by atoms with van der Waals surface area (Å²) in [6, 6.07) is 4.95. The second-order valence-corrected chi connectivity index (χ2v) is 9.69. The smallest absolute Gasteiger partial charge is 0.408 e. The normalized spacial score (nSPS) is 26.9. The summed E-state index contributed by atoms with van der Waals surface area (Å²) in [5.41, 5.74) is -1.80. The lowest BCUT2D eigenvalue weighted by atomic mass is 10.1. The maximum absolute atomic E-state index is 12.2. The second-order valence-electron chi connectivity index (χ2n) is 7.52. The van der Waals surface area contributed by atoms with Gasteiger partial charge in [-0.05, 0) is 38.5 Å². The average molecular weight is 383 g/mol. The van der Waals surface area contributed by atoms with Crippen LogP contribution in [0, 0.1) is 0 Å². The molecule has 0 saturated heterocycles. The molecule has 1 aromatic carbocycles. The highest BCUT2D eigenvalue weighted by Crippen LogP contribution is 2.55. The van der Waals surface area contributed by atoms with Gasteiger partial charge in [-0.15, -0.1) is 0 Å². The second kappa shape index (κ2) is 5.87. The van der Waals surface area contributed by atoms with Crippen LogP contribution in [0.15, 0.2) is 18.2 Å². The van der Waals surface area contributed by atoms with Gasteiger partial charge in [-0.2, -0.15) is 0 Å². The van der Waals surface area contributed by atoms with Crippen LogP contribution in [0.4, 0.5) is 4.79 Å². The minimum atomic E-state index is -3.62. The van der Waals surface area contributed by atoms with Gasteiger partial charge in [-0.3, -0.25) is 0 Å². The Kier molecular flexibility index (Phi) is 4.18. The molecule has 0 radical (unpaired) electrons. The van der Waals surface area contributed by atoms with Crippen LogP contribution in [0.3, 0.4) is 0 Å². The summed E-state index contributed by atoms with van der Waals surface area (Å²) in [5.74, 6) is 0.276. The first-order chi connectivity index (χ1) is 12.0. The molecule has 8 nitrogen and oxygen atoms in total. The monoisotopic (exact) mass is 383 g/mol. The van der Waals surface area contributed by atoms with E-state index in [1.54, 1.807) is 39.0 Å². The van der Waals surface area contributed by atoms with Crippen molar-refractivity contribution in [2.24, 2.45) is 0 Å². The summed E-state index contributed by atoms with van der Waals surface area (Å²) < 4.78 is 40.2. The molecular formula is C17H21NO7S. The molecule has 26 heavy (non-hydrogen) atoms. The molecule has 1 saturated carbocycles. The van der Waals surface area contributed by atoms with Crippen molar-refractivity contribution < 1.29 is 32.2 Å². The Bertz CT molecular complexity index is 858. The summed E-state index contributed by atoms with van der Waals surface area (Å²) in [5, 5.41) is 1.38. The number of amides is 1. The van der Waals surface area contributed by atoms with Gasteiger partial charge in [0.2, 0.25) is 6.79 Å². The molecule has 9 heteroatoms. The highest BCUT2D eigenvalue weighted by Gasteiger charge is 2.72. The first-order valence-electron chi connectivity index (χ1n) is 8.04. The summed E-state index contributed by atoms with van der Waals surface area (Å²) in [7, 11) is -3.62. The molecule has 0 aromatic heterocycles. The first-order valence-corrected chi connectivity index (χ1v) is 9.99. The third-order valence-electron chi connectivity index (χ3n) is 4.31. The number of rotatable bonds is 4. The zero-order valence-corrected chi connectivity index (χ0v) is 15.8. The van der Waals surface area contributed by atoms with Crippen LogP contribution in [-0.4, -0.2) is 50.2 Å². The van der Waals surface area contributed by atoms with Crippen molar-refractivity contribution in [2.75, 3.05) is 13.0 Å². The molecule has 1 fully saturated rings. The molecule has 1 heterocycles. The highest BCUT2D eigenvalue weighted by molar-refractivity contribution is 7.91. The van der Waals surface area contributed by atoms with E-state index in [0.717, 1.165) is 6.26 Å². The SMILES string of the molecule is CC(C)(C)OC(=O)N[C@]1(C=O)[C@H](c2ccc3c(c2)OCO3)[C@H]1S(C)(=O)=O. The average Bonchev–Trinajstić information content (AvgIpc) is 2.93. The largest absolute Gasteiger partial charge is 0.454 e. The Balaban J connectivity index is 1.94. The van der Waals surface area contributed by atoms with Crippen molar-refractivity contribution in [1.82, 2.24) is 5.32 Å². The number of aldehydes is 1. The van der Waals surface area contributed by atoms with Gasteiger partial charge in [0.1, 0.15) is 22.7 Å². The maximum atomic E-state index is 12.2. The molecule has 2 aliphatic rings. The Hall–Kier alpha value is -2.29. The zero-order valence-electron chi connectivity index (χ0n) is 14.9. The molecule has 1 amide bonds. The van der Waals surface area contributed by atoms with Crippen LogP contribution < -0.4 is 14.8 Å². The predicted molar refractivity (Wildman–Crippen MR) is 92.1 cm³/mol. The lowest BCUT2D eigenvalue weighted by Gasteiger charge is -2.22. The molecular weight excluding hydrogens is 362 g/mol. The Morgan fingerprint density at radius 2 is 1.96 bits per heavy atom. The number of sulfone groups is 1. The van der Waals surface area contributed by atoms with Crippen LogP contribution in [0.2, 0.25) is 0 Å². The van der Waals surface area contributed by atoms with Gasteiger partial charge in [-0.25, -0.2) is 13.2 Å².